The molecule has 0 saturated carbocycles. The Morgan fingerprint density at radius 3 is 3.00 bits per heavy atom. The van der Waals surface area contributed by atoms with Gasteiger partial charge in [0.2, 0.25) is 5.95 Å². The Hall–Kier alpha value is -1.95. The molecule has 18 heavy (non-hydrogen) atoms. The van der Waals surface area contributed by atoms with Crippen LogP contribution in [0.1, 0.15) is 0 Å². The molecule has 0 spiro atoms. The molecular formula is C12H10BrN5. The molecule has 0 unspecified atom stereocenters. The Balaban J connectivity index is 2.18. The maximum Gasteiger partial charge on any atom is 0.224 e. The van der Waals surface area contributed by atoms with Crippen LogP contribution in [-0.4, -0.2) is 27.2 Å². The number of hydrogen-bond donors (Lipinski definition) is 2. The van der Waals surface area contributed by atoms with Crippen LogP contribution in [0.15, 0.2) is 34.9 Å². The zero-order valence-corrected chi connectivity index (χ0v) is 11.2. The molecule has 90 valence electrons. The van der Waals surface area contributed by atoms with Crippen LogP contribution in [-0.2, 0) is 0 Å². The highest BCUT2D eigenvalue weighted by Crippen LogP contribution is 2.27. The lowest BCUT2D eigenvalue weighted by atomic mass is 10.1. The molecule has 6 heteroatoms. The second-order valence-corrected chi connectivity index (χ2v) is 4.71. The molecule has 2 aromatic heterocycles. The predicted octanol–water partition coefficient (Wildman–Crippen LogP) is 2.82. The average molecular weight is 304 g/mol. The van der Waals surface area contributed by atoms with E-state index in [2.05, 4.69) is 41.4 Å². The van der Waals surface area contributed by atoms with Gasteiger partial charge in [0.1, 0.15) is 0 Å². The monoisotopic (exact) mass is 303 g/mol. The molecule has 0 atom stereocenters. The molecule has 0 bridgehead atoms. The number of hydrogen-bond acceptors (Lipinski definition) is 4. The lowest BCUT2D eigenvalue weighted by molar-refractivity contribution is 1.09. The number of rotatable bonds is 2. The third-order valence-electron chi connectivity index (χ3n) is 2.65. The van der Waals surface area contributed by atoms with Gasteiger partial charge in [-0.3, -0.25) is 5.10 Å². The third-order valence-corrected chi connectivity index (χ3v) is 3.14. The van der Waals surface area contributed by atoms with E-state index in [1.807, 2.05) is 24.3 Å². The fourth-order valence-electron chi connectivity index (χ4n) is 1.79. The number of anilines is 1. The molecule has 0 aliphatic rings. The van der Waals surface area contributed by atoms with Crippen molar-refractivity contribution in [3.63, 3.8) is 0 Å². The van der Waals surface area contributed by atoms with E-state index in [0.29, 0.717) is 11.6 Å². The fourth-order valence-corrected chi connectivity index (χ4v) is 2.19. The molecular weight excluding hydrogens is 294 g/mol. The van der Waals surface area contributed by atoms with Gasteiger partial charge in [-0.15, -0.1) is 0 Å². The molecule has 1 aromatic carbocycles. The van der Waals surface area contributed by atoms with E-state index in [1.54, 1.807) is 13.2 Å². The van der Waals surface area contributed by atoms with Gasteiger partial charge in [0.15, 0.2) is 5.65 Å². The largest absolute Gasteiger partial charge is 0.357 e. The highest BCUT2D eigenvalue weighted by molar-refractivity contribution is 9.10. The van der Waals surface area contributed by atoms with Crippen LogP contribution >= 0.6 is 15.9 Å². The van der Waals surface area contributed by atoms with Crippen LogP contribution in [0.2, 0.25) is 0 Å². The molecule has 3 aromatic rings. The molecule has 0 aliphatic heterocycles. The van der Waals surface area contributed by atoms with Crippen LogP contribution in [0.5, 0.6) is 0 Å². The lowest BCUT2D eigenvalue weighted by Gasteiger charge is -2.00. The molecule has 0 aliphatic carbocycles. The molecule has 2 heterocycles. The quantitative estimate of drug-likeness (QED) is 0.764. The van der Waals surface area contributed by atoms with E-state index in [0.717, 1.165) is 21.1 Å². The molecule has 0 fully saturated rings. The minimum absolute atomic E-state index is 0.565. The van der Waals surface area contributed by atoms with Crippen molar-refractivity contribution in [2.24, 2.45) is 0 Å². The van der Waals surface area contributed by atoms with Gasteiger partial charge in [0.25, 0.3) is 0 Å². The molecule has 5 nitrogen and oxygen atoms in total. The summed E-state index contributed by atoms with van der Waals surface area (Å²) >= 11 is 3.46. The van der Waals surface area contributed by atoms with Gasteiger partial charge < -0.3 is 5.32 Å². The molecule has 3 rings (SSSR count). The van der Waals surface area contributed by atoms with Crippen molar-refractivity contribution in [3.05, 3.63) is 34.9 Å². The van der Waals surface area contributed by atoms with Gasteiger partial charge in [-0.1, -0.05) is 28.1 Å². The zero-order chi connectivity index (χ0) is 12.5. The SMILES string of the molecule is CNc1ncc2c(-c3cccc(Br)c3)[nH]nc2n1. The topological polar surface area (TPSA) is 66.5 Å². The summed E-state index contributed by atoms with van der Waals surface area (Å²) in [5.74, 6) is 0.565. The van der Waals surface area contributed by atoms with Gasteiger partial charge >= 0.3 is 0 Å². The molecule has 0 radical (unpaired) electrons. The second kappa shape index (κ2) is 4.38. The summed E-state index contributed by atoms with van der Waals surface area (Å²) in [5.41, 5.74) is 2.63. The van der Waals surface area contributed by atoms with Crippen molar-refractivity contribution in [1.82, 2.24) is 20.2 Å². The molecule has 2 N–H and O–H groups in total. The van der Waals surface area contributed by atoms with Crippen molar-refractivity contribution < 1.29 is 0 Å². The van der Waals surface area contributed by atoms with Crippen LogP contribution in [0.4, 0.5) is 5.95 Å². The number of aromatic nitrogens is 4. The number of aromatic amines is 1. The van der Waals surface area contributed by atoms with Gasteiger partial charge in [-0.25, -0.2) is 4.98 Å². The van der Waals surface area contributed by atoms with E-state index >= 15 is 0 Å². The molecule has 0 amide bonds. The van der Waals surface area contributed by atoms with Gasteiger partial charge in [0, 0.05) is 23.3 Å². The van der Waals surface area contributed by atoms with Gasteiger partial charge in [0.05, 0.1) is 11.1 Å². The summed E-state index contributed by atoms with van der Waals surface area (Å²) in [7, 11) is 1.78. The number of fused-ring (bicyclic) bond motifs is 1. The first-order valence-electron chi connectivity index (χ1n) is 5.43. The van der Waals surface area contributed by atoms with E-state index in [9.17, 15) is 0 Å². The van der Waals surface area contributed by atoms with Crippen molar-refractivity contribution in [1.29, 1.82) is 0 Å². The van der Waals surface area contributed by atoms with Crippen LogP contribution in [0.3, 0.4) is 0 Å². The number of benzene rings is 1. The Morgan fingerprint density at radius 1 is 1.33 bits per heavy atom. The summed E-state index contributed by atoms with van der Waals surface area (Å²) in [5, 5.41) is 11.0. The Kier molecular flexibility index (Phi) is 2.71. The first-order valence-corrected chi connectivity index (χ1v) is 6.22. The zero-order valence-electron chi connectivity index (χ0n) is 9.61. The van der Waals surface area contributed by atoms with Gasteiger partial charge in [-0.05, 0) is 12.1 Å². The van der Waals surface area contributed by atoms with E-state index in [-0.39, 0.29) is 0 Å². The van der Waals surface area contributed by atoms with E-state index < -0.39 is 0 Å². The van der Waals surface area contributed by atoms with Crippen molar-refractivity contribution in [3.8, 4) is 11.3 Å². The summed E-state index contributed by atoms with van der Waals surface area (Å²) in [6, 6.07) is 8.01. The van der Waals surface area contributed by atoms with E-state index in [4.69, 9.17) is 0 Å². The van der Waals surface area contributed by atoms with E-state index in [1.165, 1.54) is 0 Å². The first kappa shape index (κ1) is 11.2. The summed E-state index contributed by atoms with van der Waals surface area (Å²) in [6.07, 6.45) is 1.77. The lowest BCUT2D eigenvalue weighted by Crippen LogP contribution is -1.95. The number of halogens is 1. The van der Waals surface area contributed by atoms with Crippen LogP contribution in [0, 0.1) is 0 Å². The van der Waals surface area contributed by atoms with Crippen molar-refractivity contribution in [2.75, 3.05) is 12.4 Å². The summed E-state index contributed by atoms with van der Waals surface area (Å²) in [6.45, 7) is 0. The van der Waals surface area contributed by atoms with Crippen LogP contribution < -0.4 is 5.32 Å². The fraction of sp³-hybridized carbons (Fsp3) is 0.0833. The standard InChI is InChI=1S/C12H10BrN5/c1-14-12-15-6-9-10(17-18-11(9)16-12)7-3-2-4-8(13)5-7/h2-6H,1H3,(H2,14,15,16,17,18). The highest BCUT2D eigenvalue weighted by Gasteiger charge is 2.10. The minimum Gasteiger partial charge on any atom is -0.357 e. The van der Waals surface area contributed by atoms with Crippen molar-refractivity contribution >= 4 is 32.9 Å². The number of nitrogens with zero attached hydrogens (tertiary/aromatic N) is 3. The third kappa shape index (κ3) is 1.84. The first-order chi connectivity index (χ1) is 8.78. The predicted molar refractivity (Wildman–Crippen MR) is 74.4 cm³/mol. The average Bonchev–Trinajstić information content (AvgIpc) is 2.81. The highest BCUT2D eigenvalue weighted by atomic mass is 79.9. The van der Waals surface area contributed by atoms with Gasteiger partial charge in [-0.2, -0.15) is 10.1 Å². The maximum absolute atomic E-state index is 4.29. The summed E-state index contributed by atoms with van der Waals surface area (Å²) in [4.78, 5) is 8.50. The van der Waals surface area contributed by atoms with Crippen LogP contribution in [0.25, 0.3) is 22.3 Å². The second-order valence-electron chi connectivity index (χ2n) is 3.79. The van der Waals surface area contributed by atoms with Crippen molar-refractivity contribution in [2.45, 2.75) is 0 Å². The Bertz CT molecular complexity index is 707. The Labute approximate surface area is 112 Å². The number of H-pyrrole nitrogens is 1. The smallest absolute Gasteiger partial charge is 0.224 e. The minimum atomic E-state index is 0.565. The number of nitrogens with one attached hydrogen (secondary N) is 2. The summed E-state index contributed by atoms with van der Waals surface area (Å²) < 4.78 is 1.02. The maximum atomic E-state index is 4.29. The normalized spacial score (nSPS) is 10.8. The molecule has 0 saturated heterocycles. The Morgan fingerprint density at radius 2 is 2.22 bits per heavy atom.